The van der Waals surface area contributed by atoms with Crippen LogP contribution in [0.3, 0.4) is 0 Å². The van der Waals surface area contributed by atoms with Crippen molar-refractivity contribution in [3.63, 3.8) is 0 Å². The van der Waals surface area contributed by atoms with Crippen molar-refractivity contribution in [3.8, 4) is 5.75 Å². The Morgan fingerprint density at radius 3 is 2.11 bits per heavy atom. The van der Waals surface area contributed by atoms with Crippen LogP contribution in [0.15, 0.2) is 40.9 Å². The van der Waals surface area contributed by atoms with Gasteiger partial charge in [0.25, 0.3) is 5.91 Å². The summed E-state index contributed by atoms with van der Waals surface area (Å²) in [5.74, 6) is 0.318. The molecule has 0 aromatic heterocycles. The van der Waals surface area contributed by atoms with Crippen LogP contribution in [0.5, 0.6) is 5.75 Å². The molecule has 0 N–H and O–H groups in total. The molecular weight excluding hydrogens is 406 g/mol. The van der Waals surface area contributed by atoms with Gasteiger partial charge in [0, 0.05) is 23.1 Å². The van der Waals surface area contributed by atoms with Gasteiger partial charge in [-0.3, -0.25) is 9.59 Å². The fourth-order valence-corrected chi connectivity index (χ4v) is 3.87. The lowest BCUT2D eigenvalue weighted by Crippen LogP contribution is -2.41. The lowest BCUT2D eigenvalue weighted by atomic mass is 9.96. The van der Waals surface area contributed by atoms with E-state index in [-0.39, 0.29) is 17.8 Å². The molecule has 1 fully saturated rings. The zero-order valence-corrected chi connectivity index (χ0v) is 17.5. The zero-order chi connectivity index (χ0) is 19.6. The van der Waals surface area contributed by atoms with Crippen LogP contribution in [0.25, 0.3) is 0 Å². The molecule has 1 saturated heterocycles. The van der Waals surface area contributed by atoms with E-state index in [0.29, 0.717) is 37.2 Å². The minimum absolute atomic E-state index is 0.0135. The first kappa shape index (κ1) is 19.6. The summed E-state index contributed by atoms with van der Waals surface area (Å²) in [6.45, 7) is 7.09. The fraction of sp³-hybridized carbons (Fsp3) is 0.364. The quantitative estimate of drug-likeness (QED) is 0.518. The Morgan fingerprint density at radius 2 is 1.56 bits per heavy atom. The third-order valence-corrected chi connectivity index (χ3v) is 5.54. The number of esters is 1. The lowest BCUT2D eigenvalue weighted by Gasteiger charge is -2.31. The molecular formula is C22H24BrNO3. The highest BCUT2D eigenvalue weighted by Crippen LogP contribution is 2.27. The number of rotatable bonds is 3. The van der Waals surface area contributed by atoms with Gasteiger partial charge in [0.1, 0.15) is 5.75 Å². The molecule has 142 valence electrons. The highest BCUT2D eigenvalue weighted by molar-refractivity contribution is 9.10. The maximum Gasteiger partial charge on any atom is 0.314 e. The first-order valence-electron chi connectivity index (χ1n) is 9.19. The first-order valence-corrected chi connectivity index (χ1v) is 9.99. The Hall–Kier alpha value is -2.14. The zero-order valence-electron chi connectivity index (χ0n) is 15.9. The minimum Gasteiger partial charge on any atom is -0.426 e. The average molecular weight is 430 g/mol. The van der Waals surface area contributed by atoms with Crippen molar-refractivity contribution in [1.82, 2.24) is 4.90 Å². The highest BCUT2D eigenvalue weighted by atomic mass is 79.9. The number of nitrogens with zero attached hydrogens (tertiary/aromatic N) is 1. The van der Waals surface area contributed by atoms with Crippen LogP contribution >= 0.6 is 15.9 Å². The predicted molar refractivity (Wildman–Crippen MR) is 109 cm³/mol. The van der Waals surface area contributed by atoms with E-state index in [1.165, 1.54) is 0 Å². The van der Waals surface area contributed by atoms with Crippen molar-refractivity contribution < 1.29 is 14.3 Å². The van der Waals surface area contributed by atoms with E-state index in [2.05, 4.69) is 15.9 Å². The van der Waals surface area contributed by atoms with E-state index in [1.807, 2.05) is 62.1 Å². The largest absolute Gasteiger partial charge is 0.426 e. The number of piperidine rings is 1. The van der Waals surface area contributed by atoms with Crippen LogP contribution < -0.4 is 4.74 Å². The second-order valence-electron chi connectivity index (χ2n) is 7.22. The SMILES string of the molecule is Cc1cc(C)c(OC(=O)C2CCN(C(=O)c3ccc(Br)cc3)CC2)c(C)c1. The summed E-state index contributed by atoms with van der Waals surface area (Å²) in [6, 6.07) is 11.4. The maximum atomic E-state index is 12.6. The van der Waals surface area contributed by atoms with Crippen molar-refractivity contribution >= 4 is 27.8 Å². The summed E-state index contributed by atoms with van der Waals surface area (Å²) in [4.78, 5) is 27.0. The minimum atomic E-state index is -0.194. The van der Waals surface area contributed by atoms with E-state index >= 15 is 0 Å². The molecule has 2 aromatic rings. The standard InChI is InChI=1S/C22H24BrNO3/c1-14-12-15(2)20(16(3)13-14)27-22(26)18-8-10-24(11-9-18)21(25)17-4-6-19(23)7-5-17/h4-7,12-13,18H,8-11H2,1-3H3. The number of amides is 1. The van der Waals surface area contributed by atoms with Crippen LogP contribution in [-0.4, -0.2) is 29.9 Å². The number of carbonyl (C=O) groups excluding carboxylic acids is 2. The van der Waals surface area contributed by atoms with Crippen molar-refractivity contribution in [2.45, 2.75) is 33.6 Å². The van der Waals surface area contributed by atoms with Crippen LogP contribution in [0, 0.1) is 26.7 Å². The Balaban J connectivity index is 1.59. The summed E-state index contributed by atoms with van der Waals surface area (Å²) in [5, 5.41) is 0. The summed E-state index contributed by atoms with van der Waals surface area (Å²) in [7, 11) is 0. The maximum absolute atomic E-state index is 12.6. The molecule has 0 atom stereocenters. The molecule has 1 aliphatic rings. The topological polar surface area (TPSA) is 46.6 Å². The van der Waals surface area contributed by atoms with Crippen molar-refractivity contribution in [1.29, 1.82) is 0 Å². The highest BCUT2D eigenvalue weighted by Gasteiger charge is 2.29. The van der Waals surface area contributed by atoms with Crippen LogP contribution in [0.2, 0.25) is 0 Å². The number of carbonyl (C=O) groups is 2. The van der Waals surface area contributed by atoms with Gasteiger partial charge in [0.2, 0.25) is 0 Å². The normalized spacial score (nSPS) is 14.9. The van der Waals surface area contributed by atoms with E-state index in [0.717, 1.165) is 21.2 Å². The Bertz CT molecular complexity index is 829. The van der Waals surface area contributed by atoms with Crippen molar-refractivity contribution in [3.05, 3.63) is 63.1 Å². The number of benzene rings is 2. The van der Waals surface area contributed by atoms with Crippen LogP contribution in [-0.2, 0) is 4.79 Å². The molecule has 0 aliphatic carbocycles. The molecule has 0 spiro atoms. The van der Waals surface area contributed by atoms with Gasteiger partial charge in [-0.25, -0.2) is 0 Å². The van der Waals surface area contributed by atoms with Gasteiger partial charge in [-0.1, -0.05) is 33.6 Å². The molecule has 0 bridgehead atoms. The number of ether oxygens (including phenoxy) is 1. The molecule has 1 aliphatic heterocycles. The fourth-order valence-electron chi connectivity index (χ4n) is 3.61. The van der Waals surface area contributed by atoms with Gasteiger partial charge in [0.15, 0.2) is 0 Å². The summed E-state index contributed by atoms with van der Waals surface area (Å²) in [6.07, 6.45) is 1.26. The molecule has 1 heterocycles. The third kappa shape index (κ3) is 4.59. The summed E-state index contributed by atoms with van der Waals surface area (Å²) in [5.41, 5.74) is 3.78. The van der Waals surface area contributed by atoms with E-state index < -0.39 is 0 Å². The molecule has 0 saturated carbocycles. The van der Waals surface area contributed by atoms with Gasteiger partial charge >= 0.3 is 5.97 Å². The number of hydrogen-bond acceptors (Lipinski definition) is 3. The molecule has 27 heavy (non-hydrogen) atoms. The van der Waals surface area contributed by atoms with Gasteiger partial charge in [-0.05, 0) is 69.0 Å². The Kier molecular flexibility index (Phi) is 6.00. The summed E-state index contributed by atoms with van der Waals surface area (Å²) >= 11 is 3.38. The van der Waals surface area contributed by atoms with Gasteiger partial charge in [-0.15, -0.1) is 0 Å². The number of likely N-dealkylation sites (tertiary alicyclic amines) is 1. The number of hydrogen-bond donors (Lipinski definition) is 0. The lowest BCUT2D eigenvalue weighted by molar-refractivity contribution is -0.140. The molecule has 1 amide bonds. The first-order chi connectivity index (χ1) is 12.8. The molecule has 3 rings (SSSR count). The molecule has 0 unspecified atom stereocenters. The van der Waals surface area contributed by atoms with E-state index in [4.69, 9.17) is 4.74 Å². The molecule has 5 heteroatoms. The second-order valence-corrected chi connectivity index (χ2v) is 8.14. The van der Waals surface area contributed by atoms with Gasteiger partial charge < -0.3 is 9.64 Å². The number of aryl methyl sites for hydroxylation is 3. The van der Waals surface area contributed by atoms with Gasteiger partial charge in [-0.2, -0.15) is 0 Å². The molecule has 2 aromatic carbocycles. The monoisotopic (exact) mass is 429 g/mol. The van der Waals surface area contributed by atoms with Crippen molar-refractivity contribution in [2.24, 2.45) is 5.92 Å². The van der Waals surface area contributed by atoms with Crippen LogP contribution in [0.1, 0.15) is 39.9 Å². The second kappa shape index (κ2) is 8.26. The predicted octanol–water partition coefficient (Wildman–Crippen LogP) is 4.83. The Morgan fingerprint density at radius 1 is 1.00 bits per heavy atom. The average Bonchev–Trinajstić information content (AvgIpc) is 2.64. The van der Waals surface area contributed by atoms with Crippen LogP contribution in [0.4, 0.5) is 0 Å². The Labute approximate surface area is 168 Å². The number of halogens is 1. The third-order valence-electron chi connectivity index (χ3n) is 5.01. The molecule has 4 nitrogen and oxygen atoms in total. The van der Waals surface area contributed by atoms with E-state index in [9.17, 15) is 9.59 Å². The van der Waals surface area contributed by atoms with E-state index in [1.54, 1.807) is 0 Å². The smallest absolute Gasteiger partial charge is 0.314 e. The van der Waals surface area contributed by atoms with Crippen molar-refractivity contribution in [2.75, 3.05) is 13.1 Å². The summed E-state index contributed by atoms with van der Waals surface area (Å²) < 4.78 is 6.66. The molecule has 0 radical (unpaired) electrons. The van der Waals surface area contributed by atoms with Gasteiger partial charge in [0.05, 0.1) is 5.92 Å².